The second-order valence-corrected chi connectivity index (χ2v) is 3.36. The summed E-state index contributed by atoms with van der Waals surface area (Å²) in [4.78, 5) is 11.1. The number of hydrogen-bond acceptors (Lipinski definition) is 2. The van der Waals surface area contributed by atoms with Gasteiger partial charge < -0.3 is 0 Å². The molecule has 0 aliphatic heterocycles. The van der Waals surface area contributed by atoms with Crippen molar-refractivity contribution in [1.29, 1.82) is 0 Å². The highest BCUT2D eigenvalue weighted by Gasteiger charge is 2.02. The van der Waals surface area contributed by atoms with Crippen molar-refractivity contribution in [3.05, 3.63) is 34.9 Å². The molecule has 0 radical (unpaired) electrons. The van der Waals surface area contributed by atoms with Gasteiger partial charge in [0.15, 0.2) is 5.78 Å². The van der Waals surface area contributed by atoms with E-state index in [4.69, 9.17) is 0 Å². The molecule has 0 aliphatic rings. The summed E-state index contributed by atoms with van der Waals surface area (Å²) in [6.07, 6.45) is 0. The lowest BCUT2D eigenvalue weighted by Gasteiger charge is -2.01. The molecule has 0 saturated carbocycles. The van der Waals surface area contributed by atoms with E-state index in [1.165, 1.54) is 0 Å². The van der Waals surface area contributed by atoms with Crippen LogP contribution in [0.2, 0.25) is 0 Å². The van der Waals surface area contributed by atoms with E-state index in [2.05, 4.69) is 24.5 Å². The number of ketones is 1. The van der Waals surface area contributed by atoms with Crippen LogP contribution in [0.5, 0.6) is 0 Å². The lowest BCUT2D eigenvalue weighted by molar-refractivity contribution is 0.101. The van der Waals surface area contributed by atoms with Crippen LogP contribution in [0.4, 0.5) is 0 Å². The maximum absolute atomic E-state index is 11.1. The Bertz CT molecular complexity index is 410. The fourth-order valence-electron chi connectivity index (χ4n) is 1.28. The summed E-state index contributed by atoms with van der Waals surface area (Å²) in [6.45, 7) is 3.49. The van der Waals surface area contributed by atoms with Gasteiger partial charge in [-0.25, -0.2) is 0 Å². The Balaban J connectivity index is 3.06. The van der Waals surface area contributed by atoms with Crippen molar-refractivity contribution in [3.8, 4) is 11.8 Å². The van der Waals surface area contributed by atoms with E-state index in [1.54, 1.807) is 6.92 Å². The van der Waals surface area contributed by atoms with Crippen LogP contribution < -0.4 is 0 Å². The minimum atomic E-state index is 0.0937. The number of Topliss-reactive ketones (excluding diaryl/α,β-unsaturated/α-hetero) is 1. The molecule has 0 heterocycles. The molecule has 2 heteroatoms. The molecular weight excluding hydrogens is 192 g/mol. The Labute approximate surface area is 89.9 Å². The molecule has 14 heavy (non-hydrogen) atoms. The first kappa shape index (κ1) is 10.9. The van der Waals surface area contributed by atoms with Gasteiger partial charge in [-0.2, -0.15) is 12.6 Å². The SMILES string of the molecule is CC(=O)c1ccc(C#CCS)cc1C. The predicted molar refractivity (Wildman–Crippen MR) is 61.9 cm³/mol. The number of thiol groups is 1. The molecule has 0 aliphatic carbocycles. The second kappa shape index (κ2) is 4.88. The van der Waals surface area contributed by atoms with Gasteiger partial charge >= 0.3 is 0 Å². The van der Waals surface area contributed by atoms with Crippen molar-refractivity contribution in [2.24, 2.45) is 0 Å². The lowest BCUT2D eigenvalue weighted by atomic mass is 10.0. The molecule has 1 aromatic carbocycles. The van der Waals surface area contributed by atoms with E-state index in [0.717, 1.165) is 16.7 Å². The first-order valence-electron chi connectivity index (χ1n) is 4.36. The monoisotopic (exact) mass is 204 g/mol. The summed E-state index contributed by atoms with van der Waals surface area (Å²) in [7, 11) is 0. The molecular formula is C12H12OS. The minimum Gasteiger partial charge on any atom is -0.295 e. The highest BCUT2D eigenvalue weighted by molar-refractivity contribution is 7.80. The van der Waals surface area contributed by atoms with Gasteiger partial charge in [0.25, 0.3) is 0 Å². The number of rotatable bonds is 1. The van der Waals surface area contributed by atoms with E-state index < -0.39 is 0 Å². The Morgan fingerprint density at radius 3 is 2.71 bits per heavy atom. The van der Waals surface area contributed by atoms with Crippen LogP contribution in [0.1, 0.15) is 28.4 Å². The summed E-state index contributed by atoms with van der Waals surface area (Å²) in [5.41, 5.74) is 2.67. The zero-order chi connectivity index (χ0) is 10.6. The molecule has 0 N–H and O–H groups in total. The smallest absolute Gasteiger partial charge is 0.160 e. The van der Waals surface area contributed by atoms with E-state index in [1.807, 2.05) is 25.1 Å². The quantitative estimate of drug-likeness (QED) is 0.422. The van der Waals surface area contributed by atoms with E-state index in [9.17, 15) is 4.79 Å². The molecule has 0 bridgehead atoms. The zero-order valence-electron chi connectivity index (χ0n) is 8.29. The Hall–Kier alpha value is -1.20. The average Bonchev–Trinajstić information content (AvgIpc) is 2.14. The third kappa shape index (κ3) is 2.65. The van der Waals surface area contributed by atoms with Gasteiger partial charge in [0, 0.05) is 11.1 Å². The summed E-state index contributed by atoms with van der Waals surface area (Å²) in [6, 6.07) is 5.60. The number of hydrogen-bond donors (Lipinski definition) is 1. The number of carbonyl (C=O) groups is 1. The molecule has 0 saturated heterocycles. The van der Waals surface area contributed by atoms with E-state index in [0.29, 0.717) is 5.75 Å². The van der Waals surface area contributed by atoms with Crippen LogP contribution in [0.3, 0.4) is 0 Å². The van der Waals surface area contributed by atoms with Crippen molar-refractivity contribution in [1.82, 2.24) is 0 Å². The van der Waals surface area contributed by atoms with E-state index >= 15 is 0 Å². The molecule has 0 atom stereocenters. The summed E-state index contributed by atoms with van der Waals surface area (Å²) in [5, 5.41) is 0. The average molecular weight is 204 g/mol. The molecule has 1 nitrogen and oxygen atoms in total. The second-order valence-electron chi connectivity index (χ2n) is 3.05. The van der Waals surface area contributed by atoms with Crippen LogP contribution >= 0.6 is 12.6 Å². The van der Waals surface area contributed by atoms with Crippen LogP contribution in [0.25, 0.3) is 0 Å². The first-order valence-corrected chi connectivity index (χ1v) is 4.99. The summed E-state index contributed by atoms with van der Waals surface area (Å²) in [5.74, 6) is 6.48. The molecule has 1 aromatic rings. The molecule has 0 spiro atoms. The van der Waals surface area contributed by atoms with Crippen molar-refractivity contribution >= 4 is 18.4 Å². The molecule has 72 valence electrons. The van der Waals surface area contributed by atoms with Gasteiger partial charge in [0.05, 0.1) is 5.75 Å². The number of aryl methyl sites for hydroxylation is 1. The number of benzene rings is 1. The topological polar surface area (TPSA) is 17.1 Å². The van der Waals surface area contributed by atoms with Gasteiger partial charge in [0.1, 0.15) is 0 Å². The largest absolute Gasteiger partial charge is 0.295 e. The predicted octanol–water partition coefficient (Wildman–Crippen LogP) is 2.48. The maximum Gasteiger partial charge on any atom is 0.160 e. The maximum atomic E-state index is 11.1. The molecule has 0 aromatic heterocycles. The molecule has 0 fully saturated rings. The third-order valence-corrected chi connectivity index (χ3v) is 2.08. The summed E-state index contributed by atoms with van der Waals surface area (Å²) < 4.78 is 0. The van der Waals surface area contributed by atoms with Gasteiger partial charge in [-0.3, -0.25) is 4.79 Å². The minimum absolute atomic E-state index is 0.0937. The third-order valence-electron chi connectivity index (χ3n) is 1.92. The van der Waals surface area contributed by atoms with Crippen LogP contribution in [-0.2, 0) is 0 Å². The zero-order valence-corrected chi connectivity index (χ0v) is 9.19. The Morgan fingerprint density at radius 1 is 1.50 bits per heavy atom. The van der Waals surface area contributed by atoms with Crippen molar-refractivity contribution in [2.45, 2.75) is 13.8 Å². The Morgan fingerprint density at radius 2 is 2.21 bits per heavy atom. The number of carbonyl (C=O) groups excluding carboxylic acids is 1. The van der Waals surface area contributed by atoms with Gasteiger partial charge in [-0.1, -0.05) is 11.8 Å². The van der Waals surface area contributed by atoms with Crippen molar-refractivity contribution < 1.29 is 4.79 Å². The van der Waals surface area contributed by atoms with Crippen LogP contribution in [0, 0.1) is 18.8 Å². The van der Waals surface area contributed by atoms with Crippen molar-refractivity contribution in [2.75, 3.05) is 5.75 Å². The standard InChI is InChI=1S/C12H12OS/c1-9-8-11(4-3-7-14)5-6-12(9)10(2)13/h5-6,8,14H,7H2,1-2H3. The summed E-state index contributed by atoms with van der Waals surface area (Å²) >= 11 is 4.00. The highest BCUT2D eigenvalue weighted by Crippen LogP contribution is 2.10. The lowest BCUT2D eigenvalue weighted by Crippen LogP contribution is -1.95. The Kier molecular flexibility index (Phi) is 3.79. The fourth-order valence-corrected chi connectivity index (χ4v) is 1.36. The van der Waals surface area contributed by atoms with Crippen LogP contribution in [0.15, 0.2) is 18.2 Å². The first-order chi connectivity index (χ1) is 6.65. The van der Waals surface area contributed by atoms with Crippen LogP contribution in [-0.4, -0.2) is 11.5 Å². The van der Waals surface area contributed by atoms with Crippen molar-refractivity contribution in [3.63, 3.8) is 0 Å². The molecule has 0 amide bonds. The molecule has 0 unspecified atom stereocenters. The van der Waals surface area contributed by atoms with Gasteiger partial charge in [-0.15, -0.1) is 0 Å². The van der Waals surface area contributed by atoms with Gasteiger partial charge in [0.2, 0.25) is 0 Å². The molecule has 1 rings (SSSR count). The van der Waals surface area contributed by atoms with E-state index in [-0.39, 0.29) is 5.78 Å². The highest BCUT2D eigenvalue weighted by atomic mass is 32.1. The van der Waals surface area contributed by atoms with Gasteiger partial charge in [-0.05, 0) is 37.6 Å². The fraction of sp³-hybridized carbons (Fsp3) is 0.250. The normalized spacial score (nSPS) is 9.07.